The average molecular weight is 113 g/mol. The third-order valence-electron chi connectivity index (χ3n) is 0.943. The van der Waals surface area contributed by atoms with Gasteiger partial charge in [0.25, 0.3) is 0 Å². The molecule has 0 fully saturated rings. The fraction of sp³-hybridized carbons (Fsp3) is 0.500. The molecule has 2 heteroatoms. The maximum absolute atomic E-state index is 10.4. The molecule has 2 N–H and O–H groups in total. The molecule has 0 unspecified atom stereocenters. The summed E-state index contributed by atoms with van der Waals surface area (Å²) in [6, 6.07) is -0.340. The first-order chi connectivity index (χ1) is 3.68. The maximum atomic E-state index is 10.4. The van der Waals surface area contributed by atoms with Gasteiger partial charge in [-0.1, -0.05) is 6.08 Å². The number of ketones is 1. The number of rotatable bonds is 3. The van der Waals surface area contributed by atoms with E-state index >= 15 is 0 Å². The molecule has 0 aliphatic carbocycles. The van der Waals surface area contributed by atoms with Crippen LogP contribution in [0.2, 0.25) is 0 Å². The molecule has 0 rings (SSSR count). The average Bonchev–Trinajstić information content (AvgIpc) is 1.67. The van der Waals surface area contributed by atoms with E-state index < -0.39 is 0 Å². The number of Topliss-reactive ketones (excluding diaryl/α,β-unsaturated/α-hetero) is 1. The monoisotopic (exact) mass is 113 g/mol. The van der Waals surface area contributed by atoms with E-state index in [9.17, 15) is 4.79 Å². The zero-order valence-electron chi connectivity index (χ0n) is 5.05. The van der Waals surface area contributed by atoms with Crippen molar-refractivity contribution in [1.82, 2.24) is 0 Å². The van der Waals surface area contributed by atoms with Crippen molar-refractivity contribution in [3.63, 3.8) is 0 Å². The predicted octanol–water partition coefficient (Wildman–Crippen LogP) is 0.479. The lowest BCUT2D eigenvalue weighted by Gasteiger charge is -2.00. The van der Waals surface area contributed by atoms with Crippen LogP contribution < -0.4 is 5.73 Å². The summed E-state index contributed by atoms with van der Waals surface area (Å²) in [5.74, 6) is 0.0184. The summed E-state index contributed by atoms with van der Waals surface area (Å²) in [6.45, 7) is 4.93. The van der Waals surface area contributed by atoms with E-state index in [2.05, 4.69) is 6.58 Å². The minimum Gasteiger partial charge on any atom is -0.321 e. The zero-order chi connectivity index (χ0) is 6.57. The summed E-state index contributed by atoms with van der Waals surface area (Å²) >= 11 is 0. The molecule has 0 bridgehead atoms. The molecule has 0 aliphatic rings. The first-order valence-electron chi connectivity index (χ1n) is 2.55. The van der Waals surface area contributed by atoms with Crippen LogP contribution in [0.3, 0.4) is 0 Å². The summed E-state index contributed by atoms with van der Waals surface area (Å²) in [6.07, 6.45) is 2.22. The van der Waals surface area contributed by atoms with Gasteiger partial charge in [0, 0.05) is 0 Å². The van der Waals surface area contributed by atoms with E-state index in [1.54, 1.807) is 6.08 Å². The van der Waals surface area contributed by atoms with Crippen molar-refractivity contribution in [3.8, 4) is 0 Å². The Morgan fingerprint density at radius 2 is 2.50 bits per heavy atom. The van der Waals surface area contributed by atoms with Gasteiger partial charge < -0.3 is 5.73 Å². The molecular formula is C6H11NO. The Morgan fingerprint density at radius 3 is 2.62 bits per heavy atom. The van der Waals surface area contributed by atoms with Gasteiger partial charge in [-0.25, -0.2) is 0 Å². The molecule has 0 saturated carbocycles. The lowest BCUT2D eigenvalue weighted by molar-refractivity contribution is -0.118. The minimum absolute atomic E-state index is 0.0184. The van der Waals surface area contributed by atoms with E-state index in [4.69, 9.17) is 5.73 Å². The van der Waals surface area contributed by atoms with Crippen molar-refractivity contribution in [2.24, 2.45) is 5.73 Å². The minimum atomic E-state index is -0.340. The van der Waals surface area contributed by atoms with Crippen molar-refractivity contribution in [2.75, 3.05) is 0 Å². The van der Waals surface area contributed by atoms with Gasteiger partial charge in [-0.15, -0.1) is 6.58 Å². The van der Waals surface area contributed by atoms with Crippen LogP contribution in [0.4, 0.5) is 0 Å². The fourth-order valence-electron chi connectivity index (χ4n) is 0.346. The van der Waals surface area contributed by atoms with Gasteiger partial charge >= 0.3 is 0 Å². The molecule has 0 saturated heterocycles. The molecule has 0 heterocycles. The lowest BCUT2D eigenvalue weighted by atomic mass is 10.1. The number of hydrogen-bond acceptors (Lipinski definition) is 2. The molecule has 0 spiro atoms. The molecule has 46 valence electrons. The quantitative estimate of drug-likeness (QED) is 0.541. The van der Waals surface area contributed by atoms with Gasteiger partial charge in [-0.2, -0.15) is 0 Å². The number of nitrogens with two attached hydrogens (primary N) is 1. The second-order valence-corrected chi connectivity index (χ2v) is 1.74. The van der Waals surface area contributed by atoms with Crippen molar-refractivity contribution in [2.45, 2.75) is 19.4 Å². The highest BCUT2D eigenvalue weighted by Crippen LogP contribution is 1.87. The van der Waals surface area contributed by atoms with Gasteiger partial charge in [0.2, 0.25) is 0 Å². The van der Waals surface area contributed by atoms with Gasteiger partial charge in [0.1, 0.15) is 5.78 Å². The third-order valence-corrected chi connectivity index (χ3v) is 0.943. The molecular weight excluding hydrogens is 102 g/mol. The Kier molecular flexibility index (Phi) is 3.12. The zero-order valence-corrected chi connectivity index (χ0v) is 5.05. The van der Waals surface area contributed by atoms with Gasteiger partial charge in [0.15, 0.2) is 0 Å². The summed E-state index contributed by atoms with van der Waals surface area (Å²) in [4.78, 5) is 10.4. The Labute approximate surface area is 49.4 Å². The molecule has 0 aromatic carbocycles. The Balaban J connectivity index is 3.46. The predicted molar refractivity (Wildman–Crippen MR) is 33.5 cm³/mol. The van der Waals surface area contributed by atoms with Crippen LogP contribution in [-0.2, 0) is 4.79 Å². The molecule has 0 aromatic heterocycles. The summed E-state index contributed by atoms with van der Waals surface area (Å²) in [5.41, 5.74) is 5.31. The highest BCUT2D eigenvalue weighted by atomic mass is 16.1. The second kappa shape index (κ2) is 3.38. The largest absolute Gasteiger partial charge is 0.321 e. The van der Waals surface area contributed by atoms with Gasteiger partial charge in [-0.3, -0.25) is 4.79 Å². The van der Waals surface area contributed by atoms with E-state index in [1.165, 1.54) is 6.92 Å². The Hall–Kier alpha value is -0.630. The normalized spacial score (nSPS) is 12.8. The molecule has 0 amide bonds. The fourth-order valence-corrected chi connectivity index (χ4v) is 0.346. The molecule has 1 atom stereocenters. The lowest BCUT2D eigenvalue weighted by Crippen LogP contribution is -2.27. The maximum Gasteiger partial charge on any atom is 0.146 e. The van der Waals surface area contributed by atoms with Crippen LogP contribution in [0.25, 0.3) is 0 Å². The molecule has 0 aliphatic heterocycles. The molecule has 8 heavy (non-hydrogen) atoms. The molecule has 0 radical (unpaired) electrons. The second-order valence-electron chi connectivity index (χ2n) is 1.74. The van der Waals surface area contributed by atoms with E-state index in [0.29, 0.717) is 6.42 Å². The standard InChI is InChI=1S/C6H11NO/c1-3-4-6(7)5(2)8/h3,6H,1,4,7H2,2H3/t6-/m0/s1. The van der Waals surface area contributed by atoms with Crippen molar-refractivity contribution >= 4 is 5.78 Å². The van der Waals surface area contributed by atoms with Crippen molar-refractivity contribution in [3.05, 3.63) is 12.7 Å². The van der Waals surface area contributed by atoms with Gasteiger partial charge in [-0.05, 0) is 13.3 Å². The number of hydrogen-bond donors (Lipinski definition) is 1. The van der Waals surface area contributed by atoms with E-state index in [-0.39, 0.29) is 11.8 Å². The molecule has 0 aromatic rings. The highest BCUT2D eigenvalue weighted by molar-refractivity contribution is 5.81. The van der Waals surface area contributed by atoms with E-state index in [1.807, 2.05) is 0 Å². The summed E-state index contributed by atoms with van der Waals surface area (Å²) in [5, 5.41) is 0. The van der Waals surface area contributed by atoms with Crippen molar-refractivity contribution < 1.29 is 4.79 Å². The molecule has 2 nitrogen and oxygen atoms in total. The van der Waals surface area contributed by atoms with Crippen LogP contribution in [-0.4, -0.2) is 11.8 Å². The van der Waals surface area contributed by atoms with Crippen LogP contribution in [0.1, 0.15) is 13.3 Å². The van der Waals surface area contributed by atoms with Crippen LogP contribution in [0, 0.1) is 0 Å². The highest BCUT2D eigenvalue weighted by Gasteiger charge is 2.02. The van der Waals surface area contributed by atoms with Crippen LogP contribution in [0.15, 0.2) is 12.7 Å². The van der Waals surface area contributed by atoms with Crippen LogP contribution >= 0.6 is 0 Å². The number of carbonyl (C=O) groups is 1. The summed E-state index contributed by atoms with van der Waals surface area (Å²) < 4.78 is 0. The SMILES string of the molecule is C=CC[C@H](N)C(C)=O. The Bertz CT molecular complexity index is 98.7. The third kappa shape index (κ3) is 2.53. The first-order valence-corrected chi connectivity index (χ1v) is 2.55. The Morgan fingerprint density at radius 1 is 2.00 bits per heavy atom. The summed E-state index contributed by atoms with van der Waals surface area (Å²) in [7, 11) is 0. The first kappa shape index (κ1) is 7.37. The van der Waals surface area contributed by atoms with E-state index in [0.717, 1.165) is 0 Å². The van der Waals surface area contributed by atoms with Crippen LogP contribution in [0.5, 0.6) is 0 Å². The smallest absolute Gasteiger partial charge is 0.146 e. The van der Waals surface area contributed by atoms with Crippen molar-refractivity contribution in [1.29, 1.82) is 0 Å². The topological polar surface area (TPSA) is 43.1 Å². The number of carbonyl (C=O) groups excluding carboxylic acids is 1. The van der Waals surface area contributed by atoms with Gasteiger partial charge in [0.05, 0.1) is 6.04 Å².